The first-order valence-electron chi connectivity index (χ1n) is 8.12. The third-order valence-electron chi connectivity index (χ3n) is 4.61. The molecule has 1 aliphatic rings. The van der Waals surface area contributed by atoms with Crippen molar-refractivity contribution < 1.29 is 13.2 Å². The normalized spacial score (nSPS) is 22.6. The van der Waals surface area contributed by atoms with E-state index >= 15 is 0 Å². The Morgan fingerprint density at radius 2 is 1.96 bits per heavy atom. The number of likely N-dealkylation sites (N-methyl/N-ethyl adjacent to an activating group) is 1. The first-order valence-corrected chi connectivity index (χ1v) is 10.1. The fraction of sp³-hybridized carbons (Fsp3) is 0.556. The minimum absolute atomic E-state index is 0.112. The van der Waals surface area contributed by atoms with Gasteiger partial charge >= 0.3 is 0 Å². The molecule has 0 aromatic heterocycles. The van der Waals surface area contributed by atoms with Gasteiger partial charge in [0.1, 0.15) is 5.75 Å². The van der Waals surface area contributed by atoms with Crippen LogP contribution in [-0.2, 0) is 9.84 Å². The second kappa shape index (κ2) is 7.97. The zero-order valence-corrected chi connectivity index (χ0v) is 15.1. The van der Waals surface area contributed by atoms with Gasteiger partial charge in [-0.3, -0.25) is 4.90 Å². The summed E-state index contributed by atoms with van der Waals surface area (Å²) >= 11 is 0. The number of sulfone groups is 1. The lowest BCUT2D eigenvalue weighted by atomic mass is 9.94. The van der Waals surface area contributed by atoms with Crippen molar-refractivity contribution in [3.05, 3.63) is 35.9 Å². The summed E-state index contributed by atoms with van der Waals surface area (Å²) in [7, 11) is 0.685. The van der Waals surface area contributed by atoms with E-state index in [4.69, 9.17) is 4.74 Å². The average molecular weight is 337 g/mol. The van der Waals surface area contributed by atoms with Gasteiger partial charge < -0.3 is 4.74 Å². The summed E-state index contributed by atoms with van der Waals surface area (Å²) in [5.74, 6) is 0.845. The van der Waals surface area contributed by atoms with Gasteiger partial charge in [-0.2, -0.15) is 0 Å². The Morgan fingerprint density at radius 1 is 1.26 bits per heavy atom. The number of hydrogen-bond donors (Lipinski definition) is 0. The first kappa shape index (κ1) is 18.0. The van der Waals surface area contributed by atoms with Crippen molar-refractivity contribution >= 4 is 15.9 Å². The highest BCUT2D eigenvalue weighted by molar-refractivity contribution is 7.91. The van der Waals surface area contributed by atoms with E-state index in [-0.39, 0.29) is 11.3 Å². The monoisotopic (exact) mass is 337 g/mol. The Bertz CT molecular complexity index is 639. The van der Waals surface area contributed by atoms with Crippen LogP contribution in [0.4, 0.5) is 0 Å². The van der Waals surface area contributed by atoms with Crippen LogP contribution in [0.15, 0.2) is 30.3 Å². The second-order valence-corrected chi connectivity index (χ2v) is 8.57. The van der Waals surface area contributed by atoms with E-state index in [1.165, 1.54) is 6.26 Å². The van der Waals surface area contributed by atoms with Crippen LogP contribution in [0.5, 0.6) is 5.75 Å². The Kier molecular flexibility index (Phi) is 6.25. The van der Waals surface area contributed by atoms with Crippen LogP contribution >= 0.6 is 0 Å². The van der Waals surface area contributed by atoms with Crippen LogP contribution in [0.1, 0.15) is 31.2 Å². The van der Waals surface area contributed by atoms with Crippen LogP contribution in [-0.4, -0.2) is 51.6 Å². The molecule has 128 valence electrons. The van der Waals surface area contributed by atoms with Crippen LogP contribution in [0.25, 0.3) is 6.08 Å². The zero-order valence-electron chi connectivity index (χ0n) is 14.2. The van der Waals surface area contributed by atoms with Crippen molar-refractivity contribution in [1.82, 2.24) is 4.90 Å². The Morgan fingerprint density at radius 3 is 2.65 bits per heavy atom. The van der Waals surface area contributed by atoms with Gasteiger partial charge in [-0.1, -0.05) is 43.2 Å². The fourth-order valence-corrected chi connectivity index (χ4v) is 4.88. The van der Waals surface area contributed by atoms with Gasteiger partial charge in [0.15, 0.2) is 9.84 Å². The van der Waals surface area contributed by atoms with E-state index in [1.807, 2.05) is 37.4 Å². The molecule has 0 heterocycles. The standard InChI is InChI=1S/C18H27NO3S/c1-19(16-11-5-7-13-18(16)23(3,20)21)14-8-10-15-9-4-6-12-17(15)22-2/h4,6,8-10,12,16,18H,5,7,11,13-14H2,1-3H3. The number of ether oxygens (including phenoxy) is 1. The zero-order chi connectivity index (χ0) is 16.9. The van der Waals surface area contributed by atoms with Crippen LogP contribution < -0.4 is 4.74 Å². The van der Waals surface area contributed by atoms with Gasteiger partial charge in [0, 0.05) is 24.4 Å². The molecule has 0 amide bonds. The molecule has 1 aliphatic carbocycles. The van der Waals surface area contributed by atoms with Gasteiger partial charge in [-0.25, -0.2) is 8.42 Å². The largest absolute Gasteiger partial charge is 0.496 e. The highest BCUT2D eigenvalue weighted by atomic mass is 32.2. The fourth-order valence-electron chi connectivity index (χ4n) is 3.37. The molecule has 0 aliphatic heterocycles. The molecule has 0 N–H and O–H groups in total. The van der Waals surface area contributed by atoms with E-state index in [2.05, 4.69) is 11.0 Å². The highest BCUT2D eigenvalue weighted by Gasteiger charge is 2.34. The number of nitrogens with zero attached hydrogens (tertiary/aromatic N) is 1. The molecule has 0 saturated heterocycles. The second-order valence-electron chi connectivity index (χ2n) is 6.30. The molecule has 2 atom stereocenters. The predicted octanol–water partition coefficient (Wildman–Crippen LogP) is 3.00. The lowest BCUT2D eigenvalue weighted by molar-refractivity contribution is 0.212. The maximum Gasteiger partial charge on any atom is 0.151 e. The van der Waals surface area contributed by atoms with Gasteiger partial charge in [0.05, 0.1) is 12.4 Å². The summed E-state index contributed by atoms with van der Waals surface area (Å²) in [6.07, 6.45) is 9.34. The van der Waals surface area contributed by atoms with Gasteiger partial charge in [0.2, 0.25) is 0 Å². The number of para-hydroxylation sites is 1. The minimum atomic E-state index is -2.99. The molecule has 4 nitrogen and oxygen atoms in total. The molecule has 1 fully saturated rings. The first-order chi connectivity index (χ1) is 10.9. The molecular weight excluding hydrogens is 310 g/mol. The maximum atomic E-state index is 12.0. The van der Waals surface area contributed by atoms with Gasteiger partial charge in [-0.05, 0) is 26.0 Å². The molecule has 1 saturated carbocycles. The smallest absolute Gasteiger partial charge is 0.151 e. The highest BCUT2D eigenvalue weighted by Crippen LogP contribution is 2.27. The summed E-state index contributed by atoms with van der Waals surface area (Å²) in [5, 5.41) is -0.235. The lowest BCUT2D eigenvalue weighted by Gasteiger charge is -2.36. The van der Waals surface area contributed by atoms with Crippen molar-refractivity contribution in [1.29, 1.82) is 0 Å². The summed E-state index contributed by atoms with van der Waals surface area (Å²) in [6, 6.07) is 7.98. The number of methoxy groups -OCH3 is 1. The molecule has 1 aromatic rings. The molecule has 1 aromatic carbocycles. The van der Waals surface area contributed by atoms with E-state index in [0.29, 0.717) is 0 Å². The summed E-state index contributed by atoms with van der Waals surface area (Å²) in [4.78, 5) is 2.16. The van der Waals surface area contributed by atoms with Crippen LogP contribution in [0.2, 0.25) is 0 Å². The molecule has 2 rings (SSSR count). The summed E-state index contributed by atoms with van der Waals surface area (Å²) < 4.78 is 29.4. The van der Waals surface area contributed by atoms with E-state index in [0.717, 1.165) is 43.5 Å². The minimum Gasteiger partial charge on any atom is -0.496 e. The Hall–Kier alpha value is -1.33. The quantitative estimate of drug-likeness (QED) is 0.800. The molecule has 0 spiro atoms. The molecule has 23 heavy (non-hydrogen) atoms. The molecule has 0 bridgehead atoms. The third kappa shape index (κ3) is 4.82. The van der Waals surface area contributed by atoms with Crippen molar-refractivity contribution in [2.45, 2.75) is 37.0 Å². The van der Waals surface area contributed by atoms with Crippen LogP contribution in [0.3, 0.4) is 0 Å². The summed E-state index contributed by atoms with van der Waals surface area (Å²) in [6.45, 7) is 0.731. The third-order valence-corrected chi connectivity index (χ3v) is 6.26. The summed E-state index contributed by atoms with van der Waals surface area (Å²) in [5.41, 5.74) is 1.03. The van der Waals surface area contributed by atoms with E-state index in [1.54, 1.807) is 7.11 Å². The number of hydrogen-bond acceptors (Lipinski definition) is 4. The molecule has 0 radical (unpaired) electrons. The predicted molar refractivity (Wildman–Crippen MR) is 95.5 cm³/mol. The average Bonchev–Trinajstić information content (AvgIpc) is 2.54. The van der Waals surface area contributed by atoms with Crippen molar-refractivity contribution in [3.8, 4) is 5.75 Å². The van der Waals surface area contributed by atoms with Crippen molar-refractivity contribution in [2.75, 3.05) is 27.0 Å². The molecule has 5 heteroatoms. The molecular formula is C18H27NO3S. The van der Waals surface area contributed by atoms with Crippen molar-refractivity contribution in [2.24, 2.45) is 0 Å². The van der Waals surface area contributed by atoms with E-state index < -0.39 is 9.84 Å². The SMILES string of the molecule is COc1ccccc1C=CCN(C)C1CCCCC1S(C)(=O)=O. The lowest BCUT2D eigenvalue weighted by Crippen LogP contribution is -2.46. The number of benzene rings is 1. The molecule has 2 unspecified atom stereocenters. The topological polar surface area (TPSA) is 46.6 Å². The maximum absolute atomic E-state index is 12.0. The Balaban J connectivity index is 2.03. The van der Waals surface area contributed by atoms with E-state index in [9.17, 15) is 8.42 Å². The van der Waals surface area contributed by atoms with Gasteiger partial charge in [-0.15, -0.1) is 0 Å². The van der Waals surface area contributed by atoms with Crippen LogP contribution in [0, 0.1) is 0 Å². The Labute approximate surface area is 140 Å². The number of rotatable bonds is 6. The van der Waals surface area contributed by atoms with Gasteiger partial charge in [0.25, 0.3) is 0 Å². The van der Waals surface area contributed by atoms with Crippen molar-refractivity contribution in [3.63, 3.8) is 0 Å².